The summed E-state index contributed by atoms with van der Waals surface area (Å²) < 4.78 is 7.56. The Kier molecular flexibility index (Phi) is 4.50. The molecule has 5 heteroatoms. The molecule has 3 rings (SSSR count). The maximum Gasteiger partial charge on any atom is 0.311 e. The number of rotatable bonds is 4. The van der Waals surface area contributed by atoms with Gasteiger partial charge in [-0.15, -0.1) is 11.3 Å². The Hall–Kier alpha value is -1.47. The van der Waals surface area contributed by atoms with Crippen molar-refractivity contribution in [1.82, 2.24) is 4.98 Å². The van der Waals surface area contributed by atoms with E-state index in [2.05, 4.69) is 27.6 Å². The molecule has 0 saturated heterocycles. The number of hydrogen-bond acceptors (Lipinski definition) is 4. The maximum atomic E-state index is 11.8. The zero-order valence-corrected chi connectivity index (χ0v) is 14.1. The van der Waals surface area contributed by atoms with Crippen molar-refractivity contribution in [3.8, 4) is 5.75 Å². The van der Waals surface area contributed by atoms with Gasteiger partial charge in [-0.25, -0.2) is 4.98 Å². The lowest BCUT2D eigenvalue weighted by Gasteiger charge is -2.03. The molecule has 0 bridgehead atoms. The van der Waals surface area contributed by atoms with E-state index in [0.717, 1.165) is 18.8 Å². The summed E-state index contributed by atoms with van der Waals surface area (Å²) in [6.07, 6.45) is 0.953. The molecule has 2 aromatic carbocycles. The molecule has 0 N–H and O–H groups in total. The molecule has 1 heterocycles. The van der Waals surface area contributed by atoms with Crippen LogP contribution in [-0.2, 0) is 11.2 Å². The predicted molar refractivity (Wildman–Crippen MR) is 92.7 cm³/mol. The third kappa shape index (κ3) is 3.79. The molecule has 0 atom stereocenters. The van der Waals surface area contributed by atoms with E-state index >= 15 is 0 Å². The minimum Gasteiger partial charge on any atom is -0.427 e. The fourth-order valence-corrected chi connectivity index (χ4v) is 3.25. The van der Waals surface area contributed by atoms with Gasteiger partial charge in [0.05, 0.1) is 21.6 Å². The molecule has 0 fully saturated rings. The molecule has 0 amide bonds. The SMILES string of the molecule is O=C(CCc1nc2ccccc2s1)Oc1ccc(I)cc1. The average Bonchev–Trinajstić information content (AvgIpc) is 2.90. The molecule has 0 aliphatic carbocycles. The van der Waals surface area contributed by atoms with E-state index in [-0.39, 0.29) is 5.97 Å². The first-order valence-corrected chi connectivity index (χ1v) is 8.41. The van der Waals surface area contributed by atoms with Crippen LogP contribution in [0.5, 0.6) is 5.75 Å². The highest BCUT2D eigenvalue weighted by molar-refractivity contribution is 14.1. The minimum absolute atomic E-state index is 0.226. The minimum atomic E-state index is -0.226. The monoisotopic (exact) mass is 409 g/mol. The summed E-state index contributed by atoms with van der Waals surface area (Å²) in [7, 11) is 0. The van der Waals surface area contributed by atoms with Crippen LogP contribution in [0.2, 0.25) is 0 Å². The van der Waals surface area contributed by atoms with E-state index in [4.69, 9.17) is 4.74 Å². The number of thiazole rings is 1. The highest BCUT2D eigenvalue weighted by Gasteiger charge is 2.08. The van der Waals surface area contributed by atoms with E-state index in [9.17, 15) is 4.79 Å². The first kappa shape index (κ1) is 14.5. The van der Waals surface area contributed by atoms with E-state index in [1.54, 1.807) is 23.5 Å². The zero-order chi connectivity index (χ0) is 14.7. The number of aryl methyl sites for hydroxylation is 1. The fraction of sp³-hybridized carbons (Fsp3) is 0.125. The highest BCUT2D eigenvalue weighted by atomic mass is 127. The summed E-state index contributed by atoms with van der Waals surface area (Å²) in [6, 6.07) is 15.4. The molecular formula is C16H12INO2S. The van der Waals surface area contributed by atoms with E-state index in [0.29, 0.717) is 18.6 Å². The van der Waals surface area contributed by atoms with Gasteiger partial charge in [-0.05, 0) is 59.0 Å². The van der Waals surface area contributed by atoms with Crippen molar-refractivity contribution in [1.29, 1.82) is 0 Å². The first-order chi connectivity index (χ1) is 10.2. The normalized spacial score (nSPS) is 10.7. The summed E-state index contributed by atoms with van der Waals surface area (Å²) in [5.41, 5.74) is 0.989. The molecule has 0 aliphatic heterocycles. The molecule has 0 aliphatic rings. The molecule has 3 nitrogen and oxygen atoms in total. The number of aromatic nitrogens is 1. The van der Waals surface area contributed by atoms with Crippen molar-refractivity contribution in [2.75, 3.05) is 0 Å². The molecule has 0 saturated carbocycles. The standard InChI is InChI=1S/C16H12INO2S/c17-11-5-7-12(8-6-11)20-16(19)10-9-15-18-13-3-1-2-4-14(13)21-15/h1-8H,9-10H2. The largest absolute Gasteiger partial charge is 0.427 e. The first-order valence-electron chi connectivity index (χ1n) is 6.51. The van der Waals surface area contributed by atoms with Crippen molar-refractivity contribution >= 4 is 50.1 Å². The average molecular weight is 409 g/mol. The number of esters is 1. The maximum absolute atomic E-state index is 11.8. The zero-order valence-electron chi connectivity index (χ0n) is 11.1. The second-order valence-electron chi connectivity index (χ2n) is 4.50. The Morgan fingerprint density at radius 2 is 1.90 bits per heavy atom. The van der Waals surface area contributed by atoms with E-state index < -0.39 is 0 Å². The van der Waals surface area contributed by atoms with Gasteiger partial charge in [0.25, 0.3) is 0 Å². The highest BCUT2D eigenvalue weighted by Crippen LogP contribution is 2.22. The van der Waals surface area contributed by atoms with Gasteiger partial charge in [0, 0.05) is 9.99 Å². The molecule has 3 aromatic rings. The number of carbonyl (C=O) groups excluding carboxylic acids is 1. The summed E-state index contributed by atoms with van der Waals surface area (Å²) in [5.74, 6) is 0.361. The molecule has 1 aromatic heterocycles. The third-order valence-electron chi connectivity index (χ3n) is 2.93. The second kappa shape index (κ2) is 6.53. The van der Waals surface area contributed by atoms with Crippen molar-refractivity contribution in [2.45, 2.75) is 12.8 Å². The number of benzene rings is 2. The number of fused-ring (bicyclic) bond motifs is 1. The Morgan fingerprint density at radius 3 is 2.67 bits per heavy atom. The molecule has 0 unspecified atom stereocenters. The Bertz CT molecular complexity index is 734. The quantitative estimate of drug-likeness (QED) is 0.364. The van der Waals surface area contributed by atoms with Crippen molar-refractivity contribution in [2.24, 2.45) is 0 Å². The van der Waals surface area contributed by atoms with Crippen LogP contribution in [0, 0.1) is 3.57 Å². The lowest BCUT2D eigenvalue weighted by Crippen LogP contribution is -2.08. The number of hydrogen-bond donors (Lipinski definition) is 0. The molecule has 21 heavy (non-hydrogen) atoms. The van der Waals surface area contributed by atoms with Crippen molar-refractivity contribution in [3.05, 3.63) is 57.1 Å². The fourth-order valence-electron chi connectivity index (χ4n) is 1.92. The van der Waals surface area contributed by atoms with Crippen molar-refractivity contribution < 1.29 is 9.53 Å². The Morgan fingerprint density at radius 1 is 1.14 bits per heavy atom. The molecule has 0 spiro atoms. The van der Waals surface area contributed by atoms with Gasteiger partial charge in [-0.2, -0.15) is 0 Å². The lowest BCUT2D eigenvalue weighted by molar-refractivity contribution is -0.134. The summed E-state index contributed by atoms with van der Waals surface area (Å²) in [4.78, 5) is 16.4. The number of carbonyl (C=O) groups is 1. The third-order valence-corrected chi connectivity index (χ3v) is 4.74. The Balaban J connectivity index is 1.59. The van der Waals surface area contributed by atoms with Crippen LogP contribution in [0.4, 0.5) is 0 Å². The second-order valence-corrected chi connectivity index (χ2v) is 6.86. The topological polar surface area (TPSA) is 39.2 Å². The van der Waals surface area contributed by atoms with Gasteiger partial charge in [-0.3, -0.25) is 4.79 Å². The number of ether oxygens (including phenoxy) is 1. The van der Waals surface area contributed by atoms with Crippen LogP contribution in [0.15, 0.2) is 48.5 Å². The van der Waals surface area contributed by atoms with Gasteiger partial charge in [0.15, 0.2) is 0 Å². The number of halogens is 1. The lowest BCUT2D eigenvalue weighted by atomic mass is 10.3. The van der Waals surface area contributed by atoms with Gasteiger partial charge in [0.2, 0.25) is 0 Å². The number of para-hydroxylation sites is 1. The van der Waals surface area contributed by atoms with Gasteiger partial charge in [-0.1, -0.05) is 12.1 Å². The summed E-state index contributed by atoms with van der Waals surface area (Å²) in [6.45, 7) is 0. The van der Waals surface area contributed by atoms with Gasteiger partial charge >= 0.3 is 5.97 Å². The van der Waals surface area contributed by atoms with Crippen LogP contribution < -0.4 is 4.74 Å². The van der Waals surface area contributed by atoms with Crippen LogP contribution in [-0.4, -0.2) is 11.0 Å². The van der Waals surface area contributed by atoms with Gasteiger partial charge < -0.3 is 4.74 Å². The summed E-state index contributed by atoms with van der Waals surface area (Å²) >= 11 is 3.84. The van der Waals surface area contributed by atoms with E-state index in [1.165, 1.54) is 0 Å². The molecular weight excluding hydrogens is 397 g/mol. The number of nitrogens with zero attached hydrogens (tertiary/aromatic N) is 1. The molecule has 106 valence electrons. The van der Waals surface area contributed by atoms with Crippen LogP contribution in [0.3, 0.4) is 0 Å². The molecule has 0 radical (unpaired) electrons. The predicted octanol–water partition coefficient (Wildman–Crippen LogP) is 4.44. The van der Waals surface area contributed by atoms with Crippen LogP contribution in [0.25, 0.3) is 10.2 Å². The Labute approximate surface area is 140 Å². The summed E-state index contributed by atoms with van der Waals surface area (Å²) in [5, 5.41) is 0.968. The van der Waals surface area contributed by atoms with Crippen LogP contribution >= 0.6 is 33.9 Å². The smallest absolute Gasteiger partial charge is 0.311 e. The van der Waals surface area contributed by atoms with Crippen LogP contribution in [0.1, 0.15) is 11.4 Å². The van der Waals surface area contributed by atoms with E-state index in [1.807, 2.05) is 36.4 Å². The van der Waals surface area contributed by atoms with Gasteiger partial charge in [0.1, 0.15) is 5.75 Å². The van der Waals surface area contributed by atoms with Crippen molar-refractivity contribution in [3.63, 3.8) is 0 Å².